The third-order valence-corrected chi connectivity index (χ3v) is 6.25. The second-order valence-electron chi connectivity index (χ2n) is 4.34. The van der Waals surface area contributed by atoms with Gasteiger partial charge in [0.15, 0.2) is 8.68 Å². The first-order valence-electron chi connectivity index (χ1n) is 5.60. The molecular weight excluding hydrogens is 290 g/mol. The van der Waals surface area contributed by atoms with E-state index in [2.05, 4.69) is 10.2 Å². The van der Waals surface area contributed by atoms with E-state index < -0.39 is 11.5 Å². The summed E-state index contributed by atoms with van der Waals surface area (Å²) < 4.78 is 1.84. The van der Waals surface area contributed by atoms with Gasteiger partial charge in [0.05, 0.1) is 0 Å². The third kappa shape index (κ3) is 3.17. The van der Waals surface area contributed by atoms with E-state index in [-0.39, 0.29) is 5.25 Å². The van der Waals surface area contributed by atoms with Crippen LogP contribution in [-0.4, -0.2) is 38.3 Å². The molecule has 1 aromatic rings. The molecule has 1 aliphatic carbocycles. The molecule has 0 aliphatic heterocycles. The van der Waals surface area contributed by atoms with Crippen molar-refractivity contribution in [3.63, 3.8) is 0 Å². The molecule has 0 radical (unpaired) electrons. The van der Waals surface area contributed by atoms with Gasteiger partial charge in [-0.15, -0.1) is 10.2 Å². The SMILES string of the molecule is CSc1nnc(SC2CCCC(N)(C(=O)O)C2)s1. The second kappa shape index (κ2) is 5.77. The number of rotatable bonds is 4. The zero-order valence-electron chi connectivity index (χ0n) is 9.96. The Hall–Kier alpha value is -0.310. The third-order valence-electron chi connectivity index (χ3n) is 3.00. The predicted molar refractivity (Wildman–Crippen MR) is 74.4 cm³/mol. The molecule has 18 heavy (non-hydrogen) atoms. The average molecular weight is 305 g/mol. The van der Waals surface area contributed by atoms with Crippen LogP contribution in [0.5, 0.6) is 0 Å². The molecule has 0 saturated heterocycles. The fraction of sp³-hybridized carbons (Fsp3) is 0.700. The van der Waals surface area contributed by atoms with E-state index in [0.717, 1.165) is 21.5 Å². The van der Waals surface area contributed by atoms with Gasteiger partial charge in [0.25, 0.3) is 0 Å². The fourth-order valence-corrected chi connectivity index (χ4v) is 5.06. The Morgan fingerprint density at radius 3 is 2.89 bits per heavy atom. The van der Waals surface area contributed by atoms with Gasteiger partial charge < -0.3 is 10.8 Å². The van der Waals surface area contributed by atoms with Gasteiger partial charge in [0, 0.05) is 5.25 Å². The summed E-state index contributed by atoms with van der Waals surface area (Å²) in [6, 6.07) is 0. The van der Waals surface area contributed by atoms with Gasteiger partial charge in [-0.25, -0.2) is 0 Å². The van der Waals surface area contributed by atoms with Crippen LogP contribution >= 0.6 is 34.9 Å². The first-order valence-corrected chi connectivity index (χ1v) is 8.52. The molecule has 1 aliphatic rings. The molecular formula is C10H15N3O2S3. The Morgan fingerprint density at radius 2 is 2.28 bits per heavy atom. The maximum absolute atomic E-state index is 11.2. The van der Waals surface area contributed by atoms with E-state index in [1.807, 2.05) is 6.26 Å². The van der Waals surface area contributed by atoms with E-state index in [1.54, 1.807) is 34.9 Å². The Kier molecular flexibility index (Phi) is 4.52. The molecule has 2 rings (SSSR count). The van der Waals surface area contributed by atoms with Crippen molar-refractivity contribution in [2.75, 3.05) is 6.26 Å². The summed E-state index contributed by atoms with van der Waals surface area (Å²) in [5, 5.41) is 17.5. The maximum atomic E-state index is 11.2. The fourth-order valence-electron chi connectivity index (χ4n) is 2.02. The zero-order valence-corrected chi connectivity index (χ0v) is 12.4. The number of carbonyl (C=O) groups is 1. The molecule has 0 bridgehead atoms. The van der Waals surface area contributed by atoms with Crippen molar-refractivity contribution in [3.8, 4) is 0 Å². The first kappa shape index (κ1) is 14.1. The maximum Gasteiger partial charge on any atom is 0.323 e. The van der Waals surface area contributed by atoms with Gasteiger partial charge in [-0.2, -0.15) is 0 Å². The van der Waals surface area contributed by atoms with E-state index >= 15 is 0 Å². The lowest BCUT2D eigenvalue weighted by Gasteiger charge is -2.33. The second-order valence-corrected chi connectivity index (χ2v) is 7.91. The summed E-state index contributed by atoms with van der Waals surface area (Å²) in [7, 11) is 0. The molecule has 1 aromatic heterocycles. The van der Waals surface area contributed by atoms with Crippen LogP contribution in [0.25, 0.3) is 0 Å². The molecule has 1 saturated carbocycles. The molecule has 2 atom stereocenters. The van der Waals surface area contributed by atoms with Gasteiger partial charge in [0.2, 0.25) is 0 Å². The monoisotopic (exact) mass is 305 g/mol. The van der Waals surface area contributed by atoms with E-state index in [9.17, 15) is 4.79 Å². The predicted octanol–water partition coefficient (Wildman–Crippen LogP) is 2.08. The number of carboxylic acid groups (broad SMARTS) is 1. The molecule has 3 N–H and O–H groups in total. The normalized spacial score (nSPS) is 28.2. The molecule has 1 heterocycles. The van der Waals surface area contributed by atoms with Gasteiger partial charge in [0.1, 0.15) is 5.54 Å². The van der Waals surface area contributed by atoms with Crippen LogP contribution in [0, 0.1) is 0 Å². The van der Waals surface area contributed by atoms with Crippen LogP contribution in [-0.2, 0) is 4.79 Å². The summed E-state index contributed by atoms with van der Waals surface area (Å²) in [5.74, 6) is -0.894. The van der Waals surface area contributed by atoms with E-state index in [1.165, 1.54) is 0 Å². The Labute approximate surface area is 118 Å². The van der Waals surface area contributed by atoms with E-state index in [0.29, 0.717) is 12.8 Å². The van der Waals surface area contributed by atoms with Crippen molar-refractivity contribution in [3.05, 3.63) is 0 Å². The summed E-state index contributed by atoms with van der Waals surface area (Å²) in [6.07, 6.45) is 4.87. The molecule has 5 nitrogen and oxygen atoms in total. The number of nitrogens with two attached hydrogens (primary N) is 1. The number of aromatic nitrogens is 2. The van der Waals surface area contributed by atoms with Gasteiger partial charge in [-0.05, 0) is 31.9 Å². The molecule has 0 spiro atoms. The van der Waals surface area contributed by atoms with Gasteiger partial charge in [-0.1, -0.05) is 34.9 Å². The highest BCUT2D eigenvalue weighted by Gasteiger charge is 2.39. The highest BCUT2D eigenvalue weighted by atomic mass is 32.2. The highest BCUT2D eigenvalue weighted by molar-refractivity contribution is 8.03. The Morgan fingerprint density at radius 1 is 1.56 bits per heavy atom. The smallest absolute Gasteiger partial charge is 0.323 e. The molecule has 0 amide bonds. The lowest BCUT2D eigenvalue weighted by Crippen LogP contribution is -2.51. The summed E-state index contributed by atoms with van der Waals surface area (Å²) >= 11 is 4.73. The standard InChI is InChI=1S/C10H15N3O2S3/c1-16-8-12-13-9(18-8)17-6-3-2-4-10(11,5-6)7(14)15/h6H,2-5,11H2,1H3,(H,14,15). The number of carboxylic acids is 1. The van der Waals surface area contributed by atoms with Gasteiger partial charge >= 0.3 is 5.97 Å². The molecule has 0 aromatic carbocycles. The average Bonchev–Trinajstić information content (AvgIpc) is 2.76. The van der Waals surface area contributed by atoms with Crippen LogP contribution in [0.1, 0.15) is 25.7 Å². The summed E-state index contributed by atoms with van der Waals surface area (Å²) in [4.78, 5) is 11.2. The van der Waals surface area contributed by atoms with Crippen LogP contribution < -0.4 is 5.73 Å². The lowest BCUT2D eigenvalue weighted by molar-refractivity contribution is -0.144. The number of hydrogen-bond donors (Lipinski definition) is 2. The number of nitrogens with zero attached hydrogens (tertiary/aromatic N) is 2. The van der Waals surface area contributed by atoms with Crippen LogP contribution in [0.4, 0.5) is 0 Å². The largest absolute Gasteiger partial charge is 0.480 e. The zero-order chi connectivity index (χ0) is 13.2. The number of thioether (sulfide) groups is 2. The minimum atomic E-state index is -1.07. The molecule has 100 valence electrons. The molecule has 2 unspecified atom stereocenters. The van der Waals surface area contributed by atoms with Crippen molar-refractivity contribution >= 4 is 40.8 Å². The number of aliphatic carboxylic acids is 1. The first-order chi connectivity index (χ1) is 8.53. The van der Waals surface area contributed by atoms with Crippen molar-refractivity contribution in [1.82, 2.24) is 10.2 Å². The topological polar surface area (TPSA) is 89.1 Å². The van der Waals surface area contributed by atoms with Crippen LogP contribution in [0.2, 0.25) is 0 Å². The Bertz CT molecular complexity index is 440. The van der Waals surface area contributed by atoms with Gasteiger partial charge in [-0.3, -0.25) is 4.79 Å². The molecule has 8 heteroatoms. The van der Waals surface area contributed by atoms with Crippen molar-refractivity contribution in [2.45, 2.75) is 45.2 Å². The van der Waals surface area contributed by atoms with E-state index in [4.69, 9.17) is 10.8 Å². The Balaban J connectivity index is 1.99. The van der Waals surface area contributed by atoms with Crippen molar-refractivity contribution in [2.24, 2.45) is 5.73 Å². The van der Waals surface area contributed by atoms with Crippen molar-refractivity contribution in [1.29, 1.82) is 0 Å². The minimum absolute atomic E-state index is 0.225. The summed E-state index contributed by atoms with van der Waals surface area (Å²) in [6.45, 7) is 0. The molecule has 1 fully saturated rings. The minimum Gasteiger partial charge on any atom is -0.480 e. The highest BCUT2D eigenvalue weighted by Crippen LogP contribution is 2.39. The van der Waals surface area contributed by atoms with Crippen LogP contribution in [0.3, 0.4) is 0 Å². The summed E-state index contributed by atoms with van der Waals surface area (Å²) in [5.41, 5.74) is 4.86. The number of hydrogen-bond acceptors (Lipinski definition) is 7. The quantitative estimate of drug-likeness (QED) is 0.823. The lowest BCUT2D eigenvalue weighted by atomic mass is 9.82. The van der Waals surface area contributed by atoms with Crippen LogP contribution in [0.15, 0.2) is 8.68 Å². The van der Waals surface area contributed by atoms with Crippen molar-refractivity contribution < 1.29 is 9.90 Å².